The number of fused-ring (bicyclic) bond motifs is 1. The number of nitrogens with zero attached hydrogens (tertiary/aromatic N) is 1. The molecule has 0 saturated heterocycles. The Morgan fingerprint density at radius 2 is 1.69 bits per heavy atom. The molecule has 0 radical (unpaired) electrons. The van der Waals surface area contributed by atoms with Gasteiger partial charge >= 0.3 is 12.5 Å². The lowest BCUT2D eigenvalue weighted by atomic mass is 10.2. The maximum Gasteiger partial charge on any atom is 0.573 e. The summed E-state index contributed by atoms with van der Waals surface area (Å²) in [6.45, 7) is 0. The number of alkyl halides is 3. The zero-order valence-corrected chi connectivity index (χ0v) is 17.3. The SMILES string of the molecule is O=C(Nc1cccc(OC(F)(F)F)c1)Oc1ccc2nc(-c3c(Cl)cccc3Cl)[nH]c2c1. The number of halogens is 5. The van der Waals surface area contributed by atoms with Crippen molar-refractivity contribution in [3.8, 4) is 22.9 Å². The number of imidazole rings is 1. The van der Waals surface area contributed by atoms with Gasteiger partial charge in [-0.1, -0.05) is 35.3 Å². The predicted octanol–water partition coefficient (Wildman–Crippen LogP) is 7.05. The zero-order chi connectivity index (χ0) is 22.9. The first-order chi connectivity index (χ1) is 15.2. The fourth-order valence-electron chi connectivity index (χ4n) is 2.92. The summed E-state index contributed by atoms with van der Waals surface area (Å²) in [4.78, 5) is 19.7. The molecule has 0 spiro atoms. The summed E-state index contributed by atoms with van der Waals surface area (Å²) >= 11 is 12.4. The van der Waals surface area contributed by atoms with Crippen molar-refractivity contribution in [1.29, 1.82) is 0 Å². The molecule has 32 heavy (non-hydrogen) atoms. The maximum atomic E-state index is 12.3. The summed E-state index contributed by atoms with van der Waals surface area (Å²) in [6.07, 6.45) is -5.74. The number of rotatable bonds is 4. The van der Waals surface area contributed by atoms with E-state index in [4.69, 9.17) is 27.9 Å². The number of ether oxygens (including phenoxy) is 2. The molecule has 0 fully saturated rings. The Morgan fingerprint density at radius 3 is 2.41 bits per heavy atom. The molecule has 0 unspecified atom stereocenters. The van der Waals surface area contributed by atoms with E-state index in [1.807, 2.05) is 0 Å². The highest BCUT2D eigenvalue weighted by atomic mass is 35.5. The van der Waals surface area contributed by atoms with Crippen LogP contribution in [0.1, 0.15) is 0 Å². The average molecular weight is 482 g/mol. The molecule has 0 aliphatic heterocycles. The molecule has 4 rings (SSSR count). The number of H-pyrrole nitrogens is 1. The fourth-order valence-corrected chi connectivity index (χ4v) is 3.49. The van der Waals surface area contributed by atoms with Crippen LogP contribution in [0.5, 0.6) is 11.5 Å². The summed E-state index contributed by atoms with van der Waals surface area (Å²) in [5.41, 5.74) is 1.74. The first kappa shape index (κ1) is 21.8. The van der Waals surface area contributed by atoms with Crippen LogP contribution in [-0.2, 0) is 0 Å². The van der Waals surface area contributed by atoms with Gasteiger partial charge in [-0.05, 0) is 36.4 Å². The molecule has 3 aromatic carbocycles. The second kappa shape index (κ2) is 8.60. The number of carbonyl (C=O) groups is 1. The summed E-state index contributed by atoms with van der Waals surface area (Å²) in [5, 5.41) is 3.18. The predicted molar refractivity (Wildman–Crippen MR) is 114 cm³/mol. The molecule has 1 amide bonds. The van der Waals surface area contributed by atoms with Gasteiger partial charge in [-0.3, -0.25) is 5.32 Å². The Hall–Kier alpha value is -3.43. The molecule has 1 heterocycles. The van der Waals surface area contributed by atoms with Gasteiger partial charge in [0.1, 0.15) is 17.3 Å². The number of hydrogen-bond acceptors (Lipinski definition) is 4. The van der Waals surface area contributed by atoms with Gasteiger partial charge in [-0.15, -0.1) is 13.2 Å². The van der Waals surface area contributed by atoms with Gasteiger partial charge in [-0.25, -0.2) is 9.78 Å². The van der Waals surface area contributed by atoms with E-state index in [2.05, 4.69) is 20.0 Å². The van der Waals surface area contributed by atoms with Gasteiger partial charge in [-0.2, -0.15) is 0 Å². The number of aromatic amines is 1. The molecule has 11 heteroatoms. The van der Waals surface area contributed by atoms with Gasteiger partial charge < -0.3 is 14.5 Å². The largest absolute Gasteiger partial charge is 0.573 e. The van der Waals surface area contributed by atoms with Crippen molar-refractivity contribution >= 4 is 46.0 Å². The smallest absolute Gasteiger partial charge is 0.410 e. The van der Waals surface area contributed by atoms with Gasteiger partial charge in [0.15, 0.2) is 0 Å². The van der Waals surface area contributed by atoms with Crippen molar-refractivity contribution in [2.45, 2.75) is 6.36 Å². The van der Waals surface area contributed by atoms with E-state index in [0.29, 0.717) is 32.5 Å². The Bertz CT molecular complexity index is 1290. The van der Waals surface area contributed by atoms with E-state index >= 15 is 0 Å². The van der Waals surface area contributed by atoms with Crippen LogP contribution in [-0.4, -0.2) is 22.4 Å². The normalized spacial score (nSPS) is 11.4. The van der Waals surface area contributed by atoms with Crippen LogP contribution in [0.15, 0.2) is 60.7 Å². The average Bonchev–Trinajstić information content (AvgIpc) is 3.09. The first-order valence-electron chi connectivity index (χ1n) is 8.97. The number of carbonyl (C=O) groups excluding carboxylic acids is 1. The minimum absolute atomic E-state index is 0.0648. The fraction of sp³-hybridized carbons (Fsp3) is 0.0476. The second-order valence-electron chi connectivity index (χ2n) is 6.45. The quantitative estimate of drug-likeness (QED) is 0.327. The van der Waals surface area contributed by atoms with E-state index < -0.39 is 18.2 Å². The minimum atomic E-state index is -4.84. The molecule has 164 valence electrons. The highest BCUT2D eigenvalue weighted by molar-refractivity contribution is 6.39. The number of nitrogens with one attached hydrogen (secondary N) is 2. The second-order valence-corrected chi connectivity index (χ2v) is 7.27. The van der Waals surface area contributed by atoms with Crippen molar-refractivity contribution < 1.29 is 27.4 Å². The van der Waals surface area contributed by atoms with Crippen LogP contribution in [0.4, 0.5) is 23.7 Å². The zero-order valence-electron chi connectivity index (χ0n) is 15.8. The first-order valence-corrected chi connectivity index (χ1v) is 9.72. The molecule has 4 aromatic rings. The molecular formula is C21H12Cl2F3N3O3. The highest BCUT2D eigenvalue weighted by Gasteiger charge is 2.31. The number of anilines is 1. The summed E-state index contributed by atoms with van der Waals surface area (Å²) < 4.78 is 46.1. The molecular weight excluding hydrogens is 470 g/mol. The number of hydrogen-bond donors (Lipinski definition) is 2. The number of aromatic nitrogens is 2. The topological polar surface area (TPSA) is 76.2 Å². The molecule has 1 aromatic heterocycles. The van der Waals surface area contributed by atoms with Crippen LogP contribution >= 0.6 is 23.2 Å². The molecule has 0 bridgehead atoms. The number of benzene rings is 3. The van der Waals surface area contributed by atoms with Crippen LogP contribution in [0.3, 0.4) is 0 Å². The molecule has 0 atom stereocenters. The Balaban J connectivity index is 1.50. The summed E-state index contributed by atoms with van der Waals surface area (Å²) in [5.74, 6) is 0.150. The van der Waals surface area contributed by atoms with Crippen LogP contribution < -0.4 is 14.8 Å². The van der Waals surface area contributed by atoms with Crippen molar-refractivity contribution in [2.75, 3.05) is 5.32 Å². The van der Waals surface area contributed by atoms with Crippen molar-refractivity contribution in [1.82, 2.24) is 9.97 Å². The van der Waals surface area contributed by atoms with Crippen molar-refractivity contribution in [2.24, 2.45) is 0 Å². The van der Waals surface area contributed by atoms with Crippen molar-refractivity contribution in [3.63, 3.8) is 0 Å². The minimum Gasteiger partial charge on any atom is -0.410 e. The van der Waals surface area contributed by atoms with E-state index in [1.54, 1.807) is 30.3 Å². The van der Waals surface area contributed by atoms with E-state index in [9.17, 15) is 18.0 Å². The van der Waals surface area contributed by atoms with E-state index in [1.165, 1.54) is 18.2 Å². The molecule has 0 aliphatic carbocycles. The summed E-state index contributed by atoms with van der Waals surface area (Å²) in [7, 11) is 0. The Labute approximate surface area is 188 Å². The third-order valence-corrected chi connectivity index (χ3v) is 4.81. The molecule has 0 saturated carbocycles. The highest BCUT2D eigenvalue weighted by Crippen LogP contribution is 2.34. The monoisotopic (exact) mass is 481 g/mol. The third-order valence-electron chi connectivity index (χ3n) is 4.18. The van der Waals surface area contributed by atoms with E-state index in [-0.39, 0.29) is 11.4 Å². The Morgan fingerprint density at radius 1 is 0.969 bits per heavy atom. The lowest BCUT2D eigenvalue weighted by molar-refractivity contribution is -0.274. The van der Waals surface area contributed by atoms with E-state index in [0.717, 1.165) is 12.1 Å². The summed E-state index contributed by atoms with van der Waals surface area (Å²) in [6, 6.07) is 14.6. The van der Waals surface area contributed by atoms with Gasteiger partial charge in [0.25, 0.3) is 0 Å². The van der Waals surface area contributed by atoms with Crippen LogP contribution in [0.2, 0.25) is 10.0 Å². The van der Waals surface area contributed by atoms with Crippen LogP contribution in [0, 0.1) is 0 Å². The van der Waals surface area contributed by atoms with Gasteiger partial charge in [0.2, 0.25) is 0 Å². The molecule has 6 nitrogen and oxygen atoms in total. The lowest BCUT2D eigenvalue weighted by Crippen LogP contribution is -2.18. The number of amides is 1. The maximum absolute atomic E-state index is 12.3. The van der Waals surface area contributed by atoms with Gasteiger partial charge in [0, 0.05) is 17.8 Å². The molecule has 0 aliphatic rings. The Kier molecular flexibility index (Phi) is 5.86. The standard InChI is InChI=1S/C21H12Cl2F3N3O3/c22-14-5-2-6-15(23)18(14)19-28-16-8-7-12(10-17(16)29-19)31-20(30)27-11-3-1-4-13(9-11)32-21(24,25)26/h1-10H,(H,27,30)(H,28,29). The van der Waals surface area contributed by atoms with Crippen molar-refractivity contribution in [3.05, 3.63) is 70.7 Å². The molecule has 2 N–H and O–H groups in total. The third kappa shape index (κ3) is 5.06. The van der Waals surface area contributed by atoms with Gasteiger partial charge in [0.05, 0.1) is 26.6 Å². The van der Waals surface area contributed by atoms with Crippen LogP contribution in [0.25, 0.3) is 22.4 Å². The lowest BCUT2D eigenvalue weighted by Gasteiger charge is -2.11.